The topological polar surface area (TPSA) is 40.1 Å². The molecule has 0 bridgehead atoms. The van der Waals surface area contributed by atoms with Gasteiger partial charge in [0.1, 0.15) is 0 Å². The highest BCUT2D eigenvalue weighted by atomic mass is 32.1. The summed E-state index contributed by atoms with van der Waals surface area (Å²) in [4.78, 5) is 4.75. The monoisotopic (exact) mass is 289 g/mol. The number of anilines is 1. The molecule has 1 saturated heterocycles. The quantitative estimate of drug-likeness (QED) is 0.878. The first-order valence-electron chi connectivity index (χ1n) is 6.99. The molecule has 0 spiro atoms. The van der Waals surface area contributed by atoms with Gasteiger partial charge in [-0.2, -0.15) is 0 Å². The minimum absolute atomic E-state index is 0.643. The van der Waals surface area contributed by atoms with Crippen LogP contribution in [0.3, 0.4) is 0 Å². The van der Waals surface area contributed by atoms with Gasteiger partial charge in [-0.25, -0.2) is 5.10 Å². The summed E-state index contributed by atoms with van der Waals surface area (Å²) < 4.78 is 2.65. The molecule has 0 unspecified atom stereocenters. The van der Waals surface area contributed by atoms with E-state index in [1.54, 1.807) is 0 Å². The fourth-order valence-electron chi connectivity index (χ4n) is 2.57. The molecule has 1 aliphatic rings. The fraction of sp³-hybridized carbons (Fsp3) is 0.429. The van der Waals surface area contributed by atoms with Crippen LogP contribution in [0.2, 0.25) is 0 Å². The predicted molar refractivity (Wildman–Crippen MR) is 83.1 cm³/mol. The van der Waals surface area contributed by atoms with Crippen molar-refractivity contribution < 1.29 is 0 Å². The molecule has 0 atom stereocenters. The van der Waals surface area contributed by atoms with Gasteiger partial charge in [0.15, 0.2) is 0 Å². The Labute approximate surface area is 123 Å². The van der Waals surface area contributed by atoms with Crippen LogP contribution >= 0.6 is 12.2 Å². The van der Waals surface area contributed by atoms with Crippen LogP contribution in [-0.4, -0.2) is 52.4 Å². The molecule has 3 rings (SSSR count). The number of nitrogens with zero attached hydrogens (tertiary/aromatic N) is 4. The normalized spacial score (nSPS) is 16.6. The molecule has 106 valence electrons. The zero-order chi connectivity index (χ0) is 13.9. The molecule has 20 heavy (non-hydrogen) atoms. The number of hydrogen-bond donors (Lipinski definition) is 1. The highest BCUT2D eigenvalue weighted by Crippen LogP contribution is 2.19. The number of hydrogen-bond acceptors (Lipinski definition) is 4. The molecule has 1 aliphatic heterocycles. The third kappa shape index (κ3) is 2.48. The maximum Gasteiger partial charge on any atom is 0.230 e. The number of para-hydroxylation sites is 1. The summed E-state index contributed by atoms with van der Waals surface area (Å²) in [6, 6.07) is 10.1. The van der Waals surface area contributed by atoms with Crippen LogP contribution in [0, 0.1) is 4.77 Å². The average molecular weight is 289 g/mol. The van der Waals surface area contributed by atoms with Crippen molar-refractivity contribution in [2.24, 2.45) is 0 Å². The fourth-order valence-corrected chi connectivity index (χ4v) is 2.81. The first kappa shape index (κ1) is 13.3. The smallest absolute Gasteiger partial charge is 0.230 e. The third-order valence-corrected chi connectivity index (χ3v) is 4.05. The Balaban J connectivity index is 1.90. The van der Waals surface area contributed by atoms with Gasteiger partial charge in [-0.1, -0.05) is 25.1 Å². The minimum Gasteiger partial charge on any atom is -0.338 e. The minimum atomic E-state index is 0.643. The standard InChI is InChI=1S/C14H19N5S/c1-2-17-8-10-18(11-9-17)13-15-16-14(20)19(13)12-6-4-3-5-7-12/h3-7H,2,8-11H2,1H3,(H,16,20). The van der Waals surface area contributed by atoms with Gasteiger partial charge in [0.25, 0.3) is 0 Å². The van der Waals surface area contributed by atoms with Crippen LogP contribution < -0.4 is 4.90 Å². The molecular weight excluding hydrogens is 270 g/mol. The Hall–Kier alpha value is -1.66. The number of aromatic nitrogens is 3. The number of rotatable bonds is 3. The van der Waals surface area contributed by atoms with Crippen molar-refractivity contribution in [2.45, 2.75) is 6.92 Å². The van der Waals surface area contributed by atoms with Gasteiger partial charge in [-0.3, -0.25) is 4.57 Å². The van der Waals surface area contributed by atoms with E-state index in [9.17, 15) is 0 Å². The van der Waals surface area contributed by atoms with E-state index in [1.807, 2.05) is 22.8 Å². The van der Waals surface area contributed by atoms with Crippen molar-refractivity contribution in [3.8, 4) is 5.69 Å². The van der Waals surface area contributed by atoms with Crippen molar-refractivity contribution in [3.63, 3.8) is 0 Å². The lowest BCUT2D eigenvalue weighted by Gasteiger charge is -2.34. The molecule has 1 N–H and O–H groups in total. The lowest BCUT2D eigenvalue weighted by atomic mass is 10.3. The van der Waals surface area contributed by atoms with Gasteiger partial charge in [-0.15, -0.1) is 5.10 Å². The van der Waals surface area contributed by atoms with Crippen LogP contribution in [0.1, 0.15) is 6.92 Å². The molecule has 0 amide bonds. The molecule has 6 heteroatoms. The molecule has 1 aromatic heterocycles. The van der Waals surface area contributed by atoms with Crippen molar-refractivity contribution in [1.29, 1.82) is 0 Å². The van der Waals surface area contributed by atoms with E-state index in [0.717, 1.165) is 44.4 Å². The van der Waals surface area contributed by atoms with Gasteiger partial charge in [0.05, 0.1) is 5.69 Å². The molecule has 0 saturated carbocycles. The summed E-state index contributed by atoms with van der Waals surface area (Å²) in [5.41, 5.74) is 1.05. The van der Waals surface area contributed by atoms with Gasteiger partial charge in [0.2, 0.25) is 10.7 Å². The number of likely N-dealkylation sites (N-methyl/N-ethyl adjacent to an activating group) is 1. The Morgan fingerprint density at radius 2 is 1.85 bits per heavy atom. The lowest BCUT2D eigenvalue weighted by molar-refractivity contribution is 0.269. The number of nitrogens with one attached hydrogen (secondary N) is 1. The van der Waals surface area contributed by atoms with E-state index in [0.29, 0.717) is 4.77 Å². The van der Waals surface area contributed by atoms with E-state index in [-0.39, 0.29) is 0 Å². The number of benzene rings is 1. The average Bonchev–Trinajstić information content (AvgIpc) is 2.90. The highest BCUT2D eigenvalue weighted by Gasteiger charge is 2.20. The number of H-pyrrole nitrogens is 1. The Morgan fingerprint density at radius 1 is 1.15 bits per heavy atom. The van der Waals surface area contributed by atoms with Crippen LogP contribution in [0.5, 0.6) is 0 Å². The van der Waals surface area contributed by atoms with Crippen molar-refractivity contribution in [2.75, 3.05) is 37.6 Å². The Kier molecular flexibility index (Phi) is 3.84. The second kappa shape index (κ2) is 5.76. The summed E-state index contributed by atoms with van der Waals surface area (Å²) >= 11 is 5.38. The largest absolute Gasteiger partial charge is 0.338 e. The van der Waals surface area contributed by atoms with Crippen LogP contribution in [-0.2, 0) is 0 Å². The van der Waals surface area contributed by atoms with Crippen LogP contribution in [0.15, 0.2) is 30.3 Å². The van der Waals surface area contributed by atoms with Crippen LogP contribution in [0.25, 0.3) is 5.69 Å². The van der Waals surface area contributed by atoms with E-state index in [2.05, 4.69) is 39.1 Å². The summed E-state index contributed by atoms with van der Waals surface area (Å²) in [5.74, 6) is 0.914. The zero-order valence-electron chi connectivity index (χ0n) is 11.6. The zero-order valence-corrected chi connectivity index (χ0v) is 12.4. The molecule has 5 nitrogen and oxygen atoms in total. The van der Waals surface area contributed by atoms with Crippen molar-refractivity contribution in [1.82, 2.24) is 19.7 Å². The Bertz CT molecular complexity index is 610. The predicted octanol–water partition coefficient (Wildman–Crippen LogP) is 2.07. The van der Waals surface area contributed by atoms with Crippen molar-refractivity contribution in [3.05, 3.63) is 35.1 Å². The maximum absolute atomic E-state index is 5.38. The van der Waals surface area contributed by atoms with Gasteiger partial charge in [0, 0.05) is 26.2 Å². The summed E-state index contributed by atoms with van der Waals surface area (Å²) in [6.45, 7) is 7.44. The molecule has 1 fully saturated rings. The first-order chi connectivity index (χ1) is 9.79. The van der Waals surface area contributed by atoms with Gasteiger partial charge >= 0.3 is 0 Å². The SMILES string of the molecule is CCN1CCN(c2n[nH]c(=S)n2-c2ccccc2)CC1. The molecule has 2 heterocycles. The number of aromatic amines is 1. The van der Waals surface area contributed by atoms with Gasteiger partial charge in [-0.05, 0) is 30.9 Å². The second-order valence-electron chi connectivity index (χ2n) is 4.92. The van der Waals surface area contributed by atoms with E-state index in [4.69, 9.17) is 12.2 Å². The Morgan fingerprint density at radius 3 is 2.50 bits per heavy atom. The summed E-state index contributed by atoms with van der Waals surface area (Å²) in [6.07, 6.45) is 0. The van der Waals surface area contributed by atoms with E-state index < -0.39 is 0 Å². The summed E-state index contributed by atoms with van der Waals surface area (Å²) in [7, 11) is 0. The first-order valence-corrected chi connectivity index (χ1v) is 7.40. The van der Waals surface area contributed by atoms with Crippen molar-refractivity contribution >= 4 is 18.2 Å². The molecule has 0 aliphatic carbocycles. The molecule has 1 aromatic carbocycles. The molecule has 2 aromatic rings. The van der Waals surface area contributed by atoms with Gasteiger partial charge < -0.3 is 9.80 Å². The molecule has 0 radical (unpaired) electrons. The maximum atomic E-state index is 5.38. The van der Waals surface area contributed by atoms with Crippen LogP contribution in [0.4, 0.5) is 5.95 Å². The summed E-state index contributed by atoms with van der Waals surface area (Å²) in [5, 5.41) is 7.34. The van der Waals surface area contributed by atoms with E-state index >= 15 is 0 Å². The number of piperazine rings is 1. The highest BCUT2D eigenvalue weighted by molar-refractivity contribution is 7.71. The lowest BCUT2D eigenvalue weighted by Crippen LogP contribution is -2.47. The van der Waals surface area contributed by atoms with E-state index in [1.165, 1.54) is 0 Å². The third-order valence-electron chi connectivity index (χ3n) is 3.77. The second-order valence-corrected chi connectivity index (χ2v) is 5.31. The molecular formula is C14H19N5S.